The lowest BCUT2D eigenvalue weighted by Gasteiger charge is -2.19. The fourth-order valence-electron chi connectivity index (χ4n) is 2.71. The minimum Gasteiger partial charge on any atom is -0.260 e. The zero-order valence-corrected chi connectivity index (χ0v) is 15.7. The second kappa shape index (κ2) is 7.26. The number of sulfonamides is 1. The number of halogens is 2. The largest absolute Gasteiger partial charge is 0.260 e. The number of nitrogens with zero attached hydrogens (tertiary/aromatic N) is 2. The van der Waals surface area contributed by atoms with Gasteiger partial charge >= 0.3 is 0 Å². The van der Waals surface area contributed by atoms with E-state index in [9.17, 15) is 17.2 Å². The van der Waals surface area contributed by atoms with E-state index in [1.807, 2.05) is 37.4 Å². The third-order valence-corrected chi connectivity index (χ3v) is 6.20. The van der Waals surface area contributed by atoms with Crippen molar-refractivity contribution < 1.29 is 17.2 Å². The Kier molecular flexibility index (Phi) is 5.22. The van der Waals surface area contributed by atoms with Crippen LogP contribution in [0.1, 0.15) is 22.3 Å². The summed E-state index contributed by atoms with van der Waals surface area (Å²) in [5.74, 6) is -1.89. The van der Waals surface area contributed by atoms with Crippen LogP contribution >= 0.6 is 11.3 Å². The van der Waals surface area contributed by atoms with Crippen LogP contribution in [0.5, 0.6) is 0 Å². The van der Waals surface area contributed by atoms with Crippen molar-refractivity contribution in [3.63, 3.8) is 0 Å². The van der Waals surface area contributed by atoms with Gasteiger partial charge in [0.2, 0.25) is 10.0 Å². The number of hydrogen-bond acceptors (Lipinski definition) is 4. The Morgan fingerprint density at radius 2 is 1.88 bits per heavy atom. The summed E-state index contributed by atoms with van der Waals surface area (Å²) in [6, 6.07) is 7.50. The molecule has 3 aromatic rings. The van der Waals surface area contributed by atoms with Crippen molar-refractivity contribution in [3.05, 3.63) is 69.7 Å². The predicted molar refractivity (Wildman–Crippen MR) is 95.7 cm³/mol. The summed E-state index contributed by atoms with van der Waals surface area (Å²) in [5.41, 5.74) is 1.70. The Labute approximate surface area is 154 Å². The average molecular weight is 397 g/mol. The fraction of sp³-hybridized carbons (Fsp3) is 0.235. The SMILES string of the molecule is Cc1cc(C)n(C(CNS(=O)(=O)c2cc(F)cc(F)c2)c2cccs2)n1. The standard InChI is InChI=1S/C17H17F2N3O2S2/c1-11-6-12(2)22(21-11)16(17-4-3-5-25-17)10-20-26(23,24)15-8-13(18)7-14(19)9-15/h3-9,16,20H,10H2,1-2H3. The first-order valence-corrected chi connectivity index (χ1v) is 10.1. The van der Waals surface area contributed by atoms with Gasteiger partial charge in [0.1, 0.15) is 11.6 Å². The topological polar surface area (TPSA) is 64.0 Å². The Bertz CT molecular complexity index is 995. The van der Waals surface area contributed by atoms with Crippen LogP contribution in [0.2, 0.25) is 0 Å². The van der Waals surface area contributed by atoms with E-state index in [1.54, 1.807) is 4.68 Å². The van der Waals surface area contributed by atoms with E-state index < -0.39 is 26.6 Å². The molecule has 9 heteroatoms. The van der Waals surface area contributed by atoms with Crippen LogP contribution in [0.4, 0.5) is 8.78 Å². The third-order valence-electron chi connectivity index (χ3n) is 3.82. The van der Waals surface area contributed by atoms with Crippen LogP contribution in [0.15, 0.2) is 46.7 Å². The van der Waals surface area contributed by atoms with Crippen LogP contribution in [0, 0.1) is 25.5 Å². The van der Waals surface area contributed by atoms with E-state index in [4.69, 9.17) is 0 Å². The second-order valence-corrected chi connectivity index (χ2v) is 8.61. The molecule has 1 atom stereocenters. The van der Waals surface area contributed by atoms with Gasteiger partial charge in [0.05, 0.1) is 16.6 Å². The van der Waals surface area contributed by atoms with E-state index in [0.29, 0.717) is 6.07 Å². The van der Waals surface area contributed by atoms with Gasteiger partial charge in [0, 0.05) is 23.2 Å². The first kappa shape index (κ1) is 18.7. The molecule has 0 aliphatic rings. The number of hydrogen-bond donors (Lipinski definition) is 1. The lowest BCUT2D eigenvalue weighted by Crippen LogP contribution is -2.32. The molecule has 5 nitrogen and oxygen atoms in total. The normalized spacial score (nSPS) is 13.1. The lowest BCUT2D eigenvalue weighted by molar-refractivity contribution is 0.499. The molecule has 3 rings (SSSR count). The molecule has 0 amide bonds. The molecular weight excluding hydrogens is 380 g/mol. The van der Waals surface area contributed by atoms with Crippen LogP contribution in [0.25, 0.3) is 0 Å². The van der Waals surface area contributed by atoms with Crippen LogP contribution in [-0.4, -0.2) is 24.7 Å². The quantitative estimate of drug-likeness (QED) is 0.693. The molecule has 0 aliphatic heterocycles. The highest BCUT2D eigenvalue weighted by Gasteiger charge is 2.23. The Morgan fingerprint density at radius 1 is 1.19 bits per heavy atom. The number of nitrogens with one attached hydrogen (secondary N) is 1. The molecule has 1 unspecified atom stereocenters. The Hall–Kier alpha value is -2.10. The van der Waals surface area contributed by atoms with Crippen molar-refractivity contribution in [2.75, 3.05) is 6.54 Å². The highest BCUT2D eigenvalue weighted by molar-refractivity contribution is 7.89. The number of aromatic nitrogens is 2. The van der Waals surface area contributed by atoms with E-state index in [0.717, 1.165) is 28.4 Å². The highest BCUT2D eigenvalue weighted by Crippen LogP contribution is 2.25. The summed E-state index contributed by atoms with van der Waals surface area (Å²) in [5, 5.41) is 6.33. The molecular formula is C17H17F2N3O2S2. The minimum absolute atomic E-state index is 0.00292. The maximum atomic E-state index is 13.4. The second-order valence-electron chi connectivity index (χ2n) is 5.86. The molecule has 0 radical (unpaired) electrons. The molecule has 0 spiro atoms. The lowest BCUT2D eigenvalue weighted by atomic mass is 10.2. The first-order valence-electron chi connectivity index (χ1n) is 7.78. The molecule has 26 heavy (non-hydrogen) atoms. The van der Waals surface area contributed by atoms with Crippen molar-refractivity contribution in [1.82, 2.24) is 14.5 Å². The summed E-state index contributed by atoms with van der Waals surface area (Å²) in [6.45, 7) is 3.74. The summed E-state index contributed by atoms with van der Waals surface area (Å²) in [7, 11) is -4.07. The summed E-state index contributed by atoms with van der Waals surface area (Å²) in [6.07, 6.45) is 0. The molecule has 0 aliphatic carbocycles. The van der Waals surface area contributed by atoms with Crippen molar-refractivity contribution in [3.8, 4) is 0 Å². The highest BCUT2D eigenvalue weighted by atomic mass is 32.2. The van der Waals surface area contributed by atoms with E-state index in [1.165, 1.54) is 11.3 Å². The van der Waals surface area contributed by atoms with Gasteiger partial charge in [0.15, 0.2) is 0 Å². The fourth-order valence-corrected chi connectivity index (χ4v) is 4.60. The van der Waals surface area contributed by atoms with E-state index >= 15 is 0 Å². The average Bonchev–Trinajstić information content (AvgIpc) is 3.17. The number of aryl methyl sites for hydroxylation is 2. The molecule has 1 N–H and O–H groups in total. The van der Waals surface area contributed by atoms with Gasteiger partial charge in [-0.15, -0.1) is 11.3 Å². The van der Waals surface area contributed by atoms with Gasteiger partial charge in [-0.25, -0.2) is 21.9 Å². The summed E-state index contributed by atoms with van der Waals surface area (Å²) in [4.78, 5) is 0.470. The van der Waals surface area contributed by atoms with Gasteiger partial charge in [0.25, 0.3) is 0 Å². The predicted octanol–water partition coefficient (Wildman–Crippen LogP) is 3.41. The van der Waals surface area contributed by atoms with Crippen molar-refractivity contribution in [2.24, 2.45) is 0 Å². The maximum absolute atomic E-state index is 13.4. The number of thiophene rings is 1. The monoisotopic (exact) mass is 397 g/mol. The summed E-state index contributed by atoms with van der Waals surface area (Å²) >= 11 is 1.48. The van der Waals surface area contributed by atoms with E-state index in [2.05, 4.69) is 9.82 Å². The molecule has 0 saturated heterocycles. The first-order chi connectivity index (χ1) is 12.3. The minimum atomic E-state index is -4.07. The van der Waals surface area contributed by atoms with Gasteiger partial charge in [-0.1, -0.05) is 6.07 Å². The van der Waals surface area contributed by atoms with Crippen molar-refractivity contribution in [2.45, 2.75) is 24.8 Å². The summed E-state index contributed by atoms with van der Waals surface area (Å²) < 4.78 is 55.8. The Morgan fingerprint density at radius 3 is 2.42 bits per heavy atom. The van der Waals surface area contributed by atoms with Crippen molar-refractivity contribution >= 4 is 21.4 Å². The molecule has 0 bridgehead atoms. The molecule has 1 aromatic carbocycles. The van der Waals surface area contributed by atoms with Gasteiger partial charge in [-0.05, 0) is 43.5 Å². The van der Waals surface area contributed by atoms with Crippen LogP contribution in [0.3, 0.4) is 0 Å². The molecule has 0 saturated carbocycles. The van der Waals surface area contributed by atoms with Gasteiger partial charge in [-0.2, -0.15) is 5.10 Å². The third kappa shape index (κ3) is 4.00. The van der Waals surface area contributed by atoms with Crippen LogP contribution < -0.4 is 4.72 Å². The van der Waals surface area contributed by atoms with Gasteiger partial charge in [-0.3, -0.25) is 4.68 Å². The maximum Gasteiger partial charge on any atom is 0.240 e. The van der Waals surface area contributed by atoms with Gasteiger partial charge < -0.3 is 0 Å². The molecule has 2 aromatic heterocycles. The molecule has 2 heterocycles. The van der Waals surface area contributed by atoms with Crippen molar-refractivity contribution in [1.29, 1.82) is 0 Å². The van der Waals surface area contributed by atoms with E-state index in [-0.39, 0.29) is 12.6 Å². The Balaban J connectivity index is 1.89. The van der Waals surface area contributed by atoms with Crippen LogP contribution in [-0.2, 0) is 10.0 Å². The number of benzene rings is 1. The smallest absolute Gasteiger partial charge is 0.240 e. The zero-order valence-electron chi connectivity index (χ0n) is 14.1. The zero-order chi connectivity index (χ0) is 18.9. The molecule has 0 fully saturated rings. The molecule has 138 valence electrons. The number of rotatable bonds is 6.